The van der Waals surface area contributed by atoms with Gasteiger partial charge in [-0.05, 0) is 24.4 Å². The Morgan fingerprint density at radius 3 is 2.94 bits per heavy atom. The second-order valence-electron chi connectivity index (χ2n) is 3.07. The third-order valence-corrected chi connectivity index (χ3v) is 2.67. The van der Waals surface area contributed by atoms with Crippen LogP contribution in [0.15, 0.2) is 24.3 Å². The number of aromatic nitrogens is 3. The normalized spacial score (nSPS) is 10.0. The summed E-state index contributed by atoms with van der Waals surface area (Å²) >= 11 is 11.2. The molecule has 1 aromatic heterocycles. The number of rotatable bonds is 2. The number of halogens is 1. The van der Waals surface area contributed by atoms with Crippen molar-refractivity contribution in [1.82, 2.24) is 14.8 Å². The molecule has 0 saturated heterocycles. The molecule has 0 unspecified atom stereocenters. The Labute approximate surface area is 102 Å². The van der Waals surface area contributed by atoms with E-state index in [1.54, 1.807) is 10.6 Å². The van der Waals surface area contributed by atoms with Crippen molar-refractivity contribution >= 4 is 23.8 Å². The summed E-state index contributed by atoms with van der Waals surface area (Å²) in [7, 11) is 0. The highest BCUT2D eigenvalue weighted by Crippen LogP contribution is 2.21. The summed E-state index contributed by atoms with van der Waals surface area (Å²) in [6, 6.07) is 9.31. The number of para-hydroxylation sites is 1. The van der Waals surface area contributed by atoms with E-state index in [1.807, 2.05) is 24.3 Å². The van der Waals surface area contributed by atoms with Crippen LogP contribution in [0.2, 0.25) is 5.02 Å². The second-order valence-corrected chi connectivity index (χ2v) is 3.86. The largest absolute Gasteiger partial charge is 0.270 e. The summed E-state index contributed by atoms with van der Waals surface area (Å²) in [6.45, 7) is 0. The van der Waals surface area contributed by atoms with Crippen molar-refractivity contribution in [3.05, 3.63) is 39.9 Å². The molecule has 1 aromatic carbocycles. The van der Waals surface area contributed by atoms with Gasteiger partial charge in [0.05, 0.1) is 23.2 Å². The van der Waals surface area contributed by atoms with Crippen molar-refractivity contribution in [2.75, 3.05) is 0 Å². The molecular formula is C10H7ClN4S. The maximum Gasteiger partial charge on any atom is 0.199 e. The summed E-state index contributed by atoms with van der Waals surface area (Å²) in [6.07, 6.45) is 0.179. The van der Waals surface area contributed by atoms with Crippen LogP contribution >= 0.6 is 23.8 Å². The Balaban J connectivity index is 2.65. The van der Waals surface area contributed by atoms with Crippen molar-refractivity contribution in [1.29, 1.82) is 5.26 Å². The third-order valence-electron chi connectivity index (χ3n) is 2.07. The standard InChI is InChI=1S/C10H7ClN4S/c11-7-3-1-2-4-8(7)15-9(5-6-12)13-14-10(15)16/h1-4H,5H2,(H,14,16). The lowest BCUT2D eigenvalue weighted by molar-refractivity contribution is 0.922. The van der Waals surface area contributed by atoms with Gasteiger partial charge in [-0.1, -0.05) is 23.7 Å². The number of H-pyrrole nitrogens is 1. The van der Waals surface area contributed by atoms with E-state index >= 15 is 0 Å². The molecule has 0 bridgehead atoms. The van der Waals surface area contributed by atoms with Crippen LogP contribution in [0.4, 0.5) is 0 Å². The second kappa shape index (κ2) is 4.47. The van der Waals surface area contributed by atoms with Gasteiger partial charge in [0.2, 0.25) is 0 Å². The Morgan fingerprint density at radius 2 is 2.25 bits per heavy atom. The highest BCUT2D eigenvalue weighted by molar-refractivity contribution is 7.71. The summed E-state index contributed by atoms with van der Waals surface area (Å²) in [5, 5.41) is 15.9. The Bertz CT molecular complexity index is 608. The number of nitrogens with one attached hydrogen (secondary N) is 1. The van der Waals surface area contributed by atoms with Gasteiger partial charge in [-0.25, -0.2) is 0 Å². The van der Waals surface area contributed by atoms with Crippen LogP contribution in [0, 0.1) is 16.1 Å². The van der Waals surface area contributed by atoms with E-state index in [9.17, 15) is 0 Å². The highest BCUT2D eigenvalue weighted by atomic mass is 35.5. The number of benzene rings is 1. The number of aromatic amines is 1. The van der Waals surface area contributed by atoms with E-state index < -0.39 is 0 Å². The molecular weight excluding hydrogens is 244 g/mol. The van der Waals surface area contributed by atoms with Crippen molar-refractivity contribution in [2.45, 2.75) is 6.42 Å². The molecule has 0 fully saturated rings. The molecule has 0 amide bonds. The van der Waals surface area contributed by atoms with Gasteiger partial charge in [0.15, 0.2) is 4.77 Å². The fourth-order valence-electron chi connectivity index (χ4n) is 1.40. The zero-order valence-electron chi connectivity index (χ0n) is 8.14. The lowest BCUT2D eigenvalue weighted by atomic mass is 10.3. The smallest absolute Gasteiger partial charge is 0.199 e. The molecule has 0 radical (unpaired) electrons. The first-order chi connectivity index (χ1) is 7.74. The maximum absolute atomic E-state index is 8.69. The Morgan fingerprint density at radius 1 is 1.50 bits per heavy atom. The van der Waals surface area contributed by atoms with Crippen molar-refractivity contribution in [2.24, 2.45) is 0 Å². The van der Waals surface area contributed by atoms with E-state index in [0.717, 1.165) is 5.69 Å². The number of nitrogens with zero attached hydrogens (tertiary/aromatic N) is 3. The zero-order chi connectivity index (χ0) is 11.5. The van der Waals surface area contributed by atoms with Gasteiger partial charge in [0, 0.05) is 0 Å². The number of hydrogen-bond donors (Lipinski definition) is 1. The van der Waals surface area contributed by atoms with Crippen LogP contribution in [-0.4, -0.2) is 14.8 Å². The van der Waals surface area contributed by atoms with E-state index in [4.69, 9.17) is 29.1 Å². The minimum atomic E-state index is 0.179. The topological polar surface area (TPSA) is 57.4 Å². The van der Waals surface area contributed by atoms with Gasteiger partial charge >= 0.3 is 0 Å². The van der Waals surface area contributed by atoms with Gasteiger partial charge in [0.25, 0.3) is 0 Å². The van der Waals surface area contributed by atoms with E-state index in [-0.39, 0.29) is 6.42 Å². The fraction of sp³-hybridized carbons (Fsp3) is 0.100. The van der Waals surface area contributed by atoms with E-state index in [1.165, 1.54) is 0 Å². The van der Waals surface area contributed by atoms with Gasteiger partial charge in [-0.2, -0.15) is 10.4 Å². The van der Waals surface area contributed by atoms with Crippen LogP contribution in [0.25, 0.3) is 5.69 Å². The van der Waals surface area contributed by atoms with Gasteiger partial charge in [0.1, 0.15) is 5.82 Å². The molecule has 2 rings (SSSR count). The SMILES string of the molecule is N#CCc1n[nH]c(=S)n1-c1ccccc1Cl. The lowest BCUT2D eigenvalue weighted by Crippen LogP contribution is -2.01. The first kappa shape index (κ1) is 10.9. The lowest BCUT2D eigenvalue weighted by Gasteiger charge is -2.06. The molecule has 1 N–H and O–H groups in total. The van der Waals surface area contributed by atoms with Crippen LogP contribution in [0.3, 0.4) is 0 Å². The van der Waals surface area contributed by atoms with Crippen LogP contribution in [0.5, 0.6) is 0 Å². The average molecular weight is 251 g/mol. The first-order valence-electron chi connectivity index (χ1n) is 4.52. The molecule has 0 aliphatic carbocycles. The van der Waals surface area contributed by atoms with Gasteiger partial charge in [-0.15, -0.1) is 0 Å². The zero-order valence-corrected chi connectivity index (χ0v) is 9.72. The molecule has 0 aliphatic heterocycles. The minimum Gasteiger partial charge on any atom is -0.270 e. The molecule has 1 heterocycles. The predicted molar refractivity (Wildman–Crippen MR) is 63.1 cm³/mol. The summed E-state index contributed by atoms with van der Waals surface area (Å²) in [4.78, 5) is 0. The summed E-state index contributed by atoms with van der Waals surface area (Å²) in [5.41, 5.74) is 0.730. The third kappa shape index (κ3) is 1.85. The Kier molecular flexibility index (Phi) is 3.04. The maximum atomic E-state index is 8.69. The van der Waals surface area contributed by atoms with Gasteiger partial charge in [-0.3, -0.25) is 9.67 Å². The van der Waals surface area contributed by atoms with Crippen molar-refractivity contribution in [3.63, 3.8) is 0 Å². The number of hydrogen-bond acceptors (Lipinski definition) is 3. The van der Waals surface area contributed by atoms with Crippen LogP contribution in [-0.2, 0) is 6.42 Å². The first-order valence-corrected chi connectivity index (χ1v) is 5.31. The van der Waals surface area contributed by atoms with Crippen LogP contribution in [0.1, 0.15) is 5.82 Å². The van der Waals surface area contributed by atoms with Crippen molar-refractivity contribution < 1.29 is 0 Å². The molecule has 80 valence electrons. The highest BCUT2D eigenvalue weighted by Gasteiger charge is 2.10. The molecule has 6 heteroatoms. The minimum absolute atomic E-state index is 0.179. The summed E-state index contributed by atoms with van der Waals surface area (Å²) < 4.78 is 2.10. The molecule has 2 aromatic rings. The van der Waals surface area contributed by atoms with Gasteiger partial charge < -0.3 is 0 Å². The fourth-order valence-corrected chi connectivity index (χ4v) is 1.87. The number of nitriles is 1. The monoisotopic (exact) mass is 250 g/mol. The molecule has 0 atom stereocenters. The molecule has 0 aliphatic rings. The van der Waals surface area contributed by atoms with Crippen LogP contribution < -0.4 is 0 Å². The molecule has 4 nitrogen and oxygen atoms in total. The van der Waals surface area contributed by atoms with E-state index in [2.05, 4.69) is 10.2 Å². The molecule has 0 saturated carbocycles. The van der Waals surface area contributed by atoms with E-state index in [0.29, 0.717) is 15.6 Å². The van der Waals surface area contributed by atoms with Crippen molar-refractivity contribution in [3.8, 4) is 11.8 Å². The molecule has 0 spiro atoms. The Hall–Kier alpha value is -1.64. The quantitative estimate of drug-likeness (QED) is 0.834. The predicted octanol–water partition coefficient (Wildman–Crippen LogP) is 2.65. The average Bonchev–Trinajstić information content (AvgIpc) is 2.62. The summed E-state index contributed by atoms with van der Waals surface area (Å²) in [5.74, 6) is 0.556. The molecule has 16 heavy (non-hydrogen) atoms.